The number of aromatic nitrogens is 2. The zero-order valence-electron chi connectivity index (χ0n) is 17.2. The monoisotopic (exact) mass is 385 g/mol. The molecule has 1 aromatic carbocycles. The maximum absolute atomic E-state index is 12.3. The lowest BCUT2D eigenvalue weighted by molar-refractivity contribution is -0.117. The van der Waals surface area contributed by atoms with E-state index in [2.05, 4.69) is 15.3 Å². The highest BCUT2D eigenvalue weighted by Gasteiger charge is 2.22. The first-order chi connectivity index (χ1) is 13.2. The fourth-order valence-corrected chi connectivity index (χ4v) is 2.90. The van der Waals surface area contributed by atoms with E-state index in [1.807, 2.05) is 51.1 Å². The van der Waals surface area contributed by atoms with Crippen LogP contribution in [-0.2, 0) is 9.53 Å². The van der Waals surface area contributed by atoms with Crippen LogP contribution in [0.1, 0.15) is 71.7 Å². The van der Waals surface area contributed by atoms with Gasteiger partial charge in [0, 0.05) is 6.42 Å². The Balaban J connectivity index is 2.05. The van der Waals surface area contributed by atoms with E-state index in [4.69, 9.17) is 4.74 Å². The summed E-state index contributed by atoms with van der Waals surface area (Å²) in [4.78, 5) is 31.2. The van der Waals surface area contributed by atoms with Crippen molar-refractivity contribution in [2.75, 3.05) is 0 Å². The molecule has 2 rings (SSSR count). The molecule has 0 radical (unpaired) electrons. The number of H-pyrrole nitrogens is 1. The van der Waals surface area contributed by atoms with Gasteiger partial charge in [0.15, 0.2) is 0 Å². The van der Waals surface area contributed by atoms with Crippen LogP contribution in [0.3, 0.4) is 0 Å². The van der Waals surface area contributed by atoms with Crippen LogP contribution in [0.25, 0.3) is 11.3 Å². The average molecular weight is 386 g/mol. The molecule has 1 atom stereocenters. The molecule has 28 heavy (non-hydrogen) atoms. The quantitative estimate of drug-likeness (QED) is 0.582. The number of rotatable bonds is 9. The van der Waals surface area contributed by atoms with Crippen molar-refractivity contribution in [3.8, 4) is 11.3 Å². The number of nitrogens with one attached hydrogen (secondary N) is 2. The molecule has 1 amide bonds. The van der Waals surface area contributed by atoms with Crippen molar-refractivity contribution in [1.82, 2.24) is 15.3 Å². The number of imidazole rings is 1. The molecular formula is C22H31N3O3. The molecule has 0 fully saturated rings. The SMILES string of the molecule is CC(=O)CCCCC[C@H](NC(=O)OC(C)(C)C)c1ncc(-c2ccccc2)[nH]1. The third-order valence-electron chi connectivity index (χ3n) is 4.22. The molecule has 0 aliphatic heterocycles. The molecule has 6 heteroatoms. The molecule has 152 valence electrons. The maximum Gasteiger partial charge on any atom is 0.408 e. The molecule has 1 aromatic heterocycles. The summed E-state index contributed by atoms with van der Waals surface area (Å²) in [5.74, 6) is 0.915. The van der Waals surface area contributed by atoms with Crippen molar-refractivity contribution in [3.05, 3.63) is 42.4 Å². The van der Waals surface area contributed by atoms with Gasteiger partial charge in [-0.25, -0.2) is 9.78 Å². The number of nitrogens with zero attached hydrogens (tertiary/aromatic N) is 1. The normalized spacial score (nSPS) is 12.4. The largest absolute Gasteiger partial charge is 0.444 e. The maximum atomic E-state index is 12.3. The Hall–Kier alpha value is -2.63. The number of hydrogen-bond donors (Lipinski definition) is 2. The van der Waals surface area contributed by atoms with Crippen molar-refractivity contribution in [2.45, 2.75) is 71.4 Å². The molecule has 0 aliphatic carbocycles. The Morgan fingerprint density at radius 2 is 1.86 bits per heavy atom. The number of ether oxygens (including phenoxy) is 1. The number of carbonyl (C=O) groups is 2. The van der Waals surface area contributed by atoms with Crippen molar-refractivity contribution in [1.29, 1.82) is 0 Å². The van der Waals surface area contributed by atoms with Gasteiger partial charge < -0.3 is 19.8 Å². The standard InChI is InChI=1S/C22H31N3O3/c1-16(26)11-7-5-10-14-18(25-21(27)28-22(2,3)4)20-23-15-19(24-20)17-12-8-6-9-13-17/h6,8-9,12-13,15,18H,5,7,10-11,14H2,1-4H3,(H,23,24)(H,25,27)/t18-/m0/s1. The fraction of sp³-hybridized carbons (Fsp3) is 0.500. The lowest BCUT2D eigenvalue weighted by Gasteiger charge is -2.23. The molecule has 6 nitrogen and oxygen atoms in total. The van der Waals surface area contributed by atoms with Gasteiger partial charge in [-0.05, 0) is 46.1 Å². The molecule has 0 bridgehead atoms. The van der Waals surface area contributed by atoms with Gasteiger partial charge in [-0.2, -0.15) is 0 Å². The van der Waals surface area contributed by atoms with Crippen LogP contribution in [0.5, 0.6) is 0 Å². The summed E-state index contributed by atoms with van der Waals surface area (Å²) in [5, 5.41) is 2.93. The van der Waals surface area contributed by atoms with Gasteiger partial charge in [0.2, 0.25) is 0 Å². The van der Waals surface area contributed by atoms with Gasteiger partial charge in [0.25, 0.3) is 0 Å². The Morgan fingerprint density at radius 3 is 2.50 bits per heavy atom. The fourth-order valence-electron chi connectivity index (χ4n) is 2.90. The van der Waals surface area contributed by atoms with Crippen molar-refractivity contribution < 1.29 is 14.3 Å². The van der Waals surface area contributed by atoms with Gasteiger partial charge >= 0.3 is 6.09 Å². The third-order valence-corrected chi connectivity index (χ3v) is 4.22. The second-order valence-electron chi connectivity index (χ2n) is 8.05. The van der Waals surface area contributed by atoms with Crippen LogP contribution in [0.4, 0.5) is 4.79 Å². The Bertz CT molecular complexity index is 763. The molecular weight excluding hydrogens is 354 g/mol. The minimum absolute atomic E-state index is 0.210. The number of aromatic amines is 1. The van der Waals surface area contributed by atoms with E-state index in [9.17, 15) is 9.59 Å². The topological polar surface area (TPSA) is 84.1 Å². The van der Waals surface area contributed by atoms with Gasteiger partial charge in [0.1, 0.15) is 17.2 Å². The summed E-state index contributed by atoms with van der Waals surface area (Å²) in [6.45, 7) is 7.12. The third kappa shape index (κ3) is 7.55. The first kappa shape index (κ1) is 21.7. The lowest BCUT2D eigenvalue weighted by atomic mass is 10.1. The second-order valence-corrected chi connectivity index (χ2v) is 8.05. The first-order valence-corrected chi connectivity index (χ1v) is 9.84. The number of benzene rings is 1. The van der Waals surface area contributed by atoms with Gasteiger partial charge in [-0.1, -0.05) is 43.2 Å². The minimum atomic E-state index is -0.561. The molecule has 0 saturated heterocycles. The first-order valence-electron chi connectivity index (χ1n) is 9.84. The van der Waals surface area contributed by atoms with E-state index >= 15 is 0 Å². The number of carbonyl (C=O) groups excluding carboxylic acids is 2. The summed E-state index contributed by atoms with van der Waals surface area (Å²) < 4.78 is 5.40. The number of ketones is 1. The lowest BCUT2D eigenvalue weighted by Crippen LogP contribution is -2.35. The smallest absolute Gasteiger partial charge is 0.408 e. The predicted octanol–water partition coefficient (Wildman–Crippen LogP) is 5.18. The van der Waals surface area contributed by atoms with Crippen molar-refractivity contribution >= 4 is 11.9 Å². The Kier molecular flexibility index (Phi) is 7.79. The Labute approximate surface area is 167 Å². The predicted molar refractivity (Wildman–Crippen MR) is 110 cm³/mol. The summed E-state index contributed by atoms with van der Waals surface area (Å²) in [6.07, 6.45) is 5.32. The van der Waals surface area contributed by atoms with E-state index < -0.39 is 11.7 Å². The van der Waals surface area contributed by atoms with Gasteiger partial charge in [-0.3, -0.25) is 0 Å². The van der Waals surface area contributed by atoms with Crippen LogP contribution in [0.15, 0.2) is 36.5 Å². The summed E-state index contributed by atoms with van der Waals surface area (Å²) >= 11 is 0. The van der Waals surface area contributed by atoms with E-state index in [1.54, 1.807) is 13.1 Å². The van der Waals surface area contributed by atoms with Crippen LogP contribution in [0.2, 0.25) is 0 Å². The van der Waals surface area contributed by atoms with Crippen molar-refractivity contribution in [3.63, 3.8) is 0 Å². The molecule has 0 aliphatic rings. The second kappa shape index (κ2) is 10.1. The summed E-state index contributed by atoms with van der Waals surface area (Å²) in [6, 6.07) is 9.66. The van der Waals surface area contributed by atoms with Crippen LogP contribution < -0.4 is 5.32 Å². The highest BCUT2D eigenvalue weighted by molar-refractivity contribution is 5.75. The highest BCUT2D eigenvalue weighted by Crippen LogP contribution is 2.23. The number of unbranched alkanes of at least 4 members (excludes halogenated alkanes) is 2. The minimum Gasteiger partial charge on any atom is -0.444 e. The molecule has 1 heterocycles. The van der Waals surface area contributed by atoms with Gasteiger partial charge in [-0.15, -0.1) is 0 Å². The van der Waals surface area contributed by atoms with Crippen LogP contribution in [-0.4, -0.2) is 27.4 Å². The van der Waals surface area contributed by atoms with Gasteiger partial charge in [0.05, 0.1) is 17.9 Å². The highest BCUT2D eigenvalue weighted by atomic mass is 16.6. The molecule has 0 saturated carbocycles. The van der Waals surface area contributed by atoms with E-state index in [0.717, 1.165) is 36.9 Å². The van der Waals surface area contributed by atoms with E-state index in [0.29, 0.717) is 12.2 Å². The van der Waals surface area contributed by atoms with Crippen LogP contribution in [0, 0.1) is 0 Å². The number of amides is 1. The van der Waals surface area contributed by atoms with Crippen molar-refractivity contribution in [2.24, 2.45) is 0 Å². The zero-order valence-corrected chi connectivity index (χ0v) is 17.2. The molecule has 2 N–H and O–H groups in total. The summed E-state index contributed by atoms with van der Waals surface area (Å²) in [7, 11) is 0. The molecule has 0 spiro atoms. The zero-order chi connectivity index (χ0) is 20.6. The number of alkyl carbamates (subject to hydrolysis) is 1. The van der Waals surface area contributed by atoms with E-state index in [1.165, 1.54) is 0 Å². The Morgan fingerprint density at radius 1 is 1.14 bits per heavy atom. The number of Topliss-reactive ketones (excluding diaryl/α,β-unsaturated/α-hetero) is 1. The van der Waals surface area contributed by atoms with Crippen LogP contribution >= 0.6 is 0 Å². The average Bonchev–Trinajstić information content (AvgIpc) is 3.09. The van der Waals surface area contributed by atoms with E-state index in [-0.39, 0.29) is 11.8 Å². The summed E-state index contributed by atoms with van der Waals surface area (Å²) in [5.41, 5.74) is 1.39. The molecule has 0 unspecified atom stereocenters. The molecule has 2 aromatic rings. The number of hydrogen-bond acceptors (Lipinski definition) is 4.